The number of amides is 1. The van der Waals surface area contributed by atoms with Crippen LogP contribution in [0, 0.1) is 0 Å². The molecule has 1 N–H and O–H groups in total. The third-order valence-corrected chi connectivity index (χ3v) is 3.60. The summed E-state index contributed by atoms with van der Waals surface area (Å²) < 4.78 is 10.3. The van der Waals surface area contributed by atoms with E-state index in [9.17, 15) is 4.79 Å². The predicted molar refractivity (Wildman–Crippen MR) is 86.9 cm³/mol. The van der Waals surface area contributed by atoms with Crippen molar-refractivity contribution >= 4 is 17.5 Å². The lowest BCUT2D eigenvalue weighted by atomic mass is 10.1. The quantitative estimate of drug-likeness (QED) is 0.910. The molecule has 0 aromatic heterocycles. The number of hydrogen-bond donors (Lipinski definition) is 1. The first-order valence-electron chi connectivity index (χ1n) is 6.83. The van der Waals surface area contributed by atoms with Gasteiger partial charge in [0.2, 0.25) is 0 Å². The molecular formula is C17H18ClNO3. The van der Waals surface area contributed by atoms with Gasteiger partial charge in [0.1, 0.15) is 11.5 Å². The van der Waals surface area contributed by atoms with Gasteiger partial charge in [-0.2, -0.15) is 0 Å². The van der Waals surface area contributed by atoms with Crippen LogP contribution in [-0.2, 0) is 0 Å². The van der Waals surface area contributed by atoms with Crippen LogP contribution in [0.25, 0.3) is 0 Å². The topological polar surface area (TPSA) is 47.6 Å². The number of ether oxygens (including phenoxy) is 2. The van der Waals surface area contributed by atoms with Crippen LogP contribution in [-0.4, -0.2) is 20.1 Å². The molecule has 22 heavy (non-hydrogen) atoms. The number of halogens is 1. The molecule has 1 atom stereocenters. The van der Waals surface area contributed by atoms with Crippen molar-refractivity contribution in [3.8, 4) is 11.5 Å². The van der Waals surface area contributed by atoms with Gasteiger partial charge in [0.05, 0.1) is 25.8 Å². The predicted octanol–water partition coefficient (Wildman–Crippen LogP) is 3.85. The molecule has 2 rings (SSSR count). The van der Waals surface area contributed by atoms with Crippen LogP contribution >= 0.6 is 11.6 Å². The van der Waals surface area contributed by atoms with E-state index in [0.29, 0.717) is 16.3 Å². The monoisotopic (exact) mass is 319 g/mol. The Bertz CT molecular complexity index is 655. The molecule has 0 heterocycles. The van der Waals surface area contributed by atoms with Crippen LogP contribution in [0.3, 0.4) is 0 Å². The van der Waals surface area contributed by atoms with E-state index in [1.165, 1.54) is 7.11 Å². The fourth-order valence-corrected chi connectivity index (χ4v) is 2.28. The Morgan fingerprint density at radius 1 is 1.09 bits per heavy atom. The standard InChI is InChI=1S/C17H18ClNO3/c1-11(12-4-7-14(21-2)8-5-12)19-17(20)15-10-13(18)6-9-16(15)22-3/h4-11H,1-3H3,(H,19,20)/t11-/m1/s1. The lowest BCUT2D eigenvalue weighted by Gasteiger charge is -2.16. The maximum Gasteiger partial charge on any atom is 0.255 e. The van der Waals surface area contributed by atoms with Crippen molar-refractivity contribution in [3.05, 3.63) is 58.6 Å². The second kappa shape index (κ2) is 7.18. The van der Waals surface area contributed by atoms with Gasteiger partial charge in [-0.15, -0.1) is 0 Å². The Labute approximate surface area is 135 Å². The number of rotatable bonds is 5. The summed E-state index contributed by atoms with van der Waals surface area (Å²) in [6, 6.07) is 12.4. The smallest absolute Gasteiger partial charge is 0.255 e. The highest BCUT2D eigenvalue weighted by Gasteiger charge is 2.16. The fourth-order valence-electron chi connectivity index (χ4n) is 2.11. The molecule has 5 heteroatoms. The van der Waals surface area contributed by atoms with E-state index >= 15 is 0 Å². The fraction of sp³-hybridized carbons (Fsp3) is 0.235. The second-order valence-corrected chi connectivity index (χ2v) is 5.25. The number of benzene rings is 2. The summed E-state index contributed by atoms with van der Waals surface area (Å²) >= 11 is 5.96. The molecule has 0 radical (unpaired) electrons. The van der Waals surface area contributed by atoms with Gasteiger partial charge >= 0.3 is 0 Å². The Hall–Kier alpha value is -2.20. The van der Waals surface area contributed by atoms with E-state index in [1.54, 1.807) is 25.3 Å². The molecule has 0 fully saturated rings. The lowest BCUT2D eigenvalue weighted by molar-refractivity contribution is 0.0937. The maximum atomic E-state index is 12.4. The SMILES string of the molecule is COc1ccc([C@@H](C)NC(=O)c2cc(Cl)ccc2OC)cc1. The molecule has 0 spiro atoms. The molecule has 0 aliphatic rings. The molecule has 2 aromatic rings. The first-order chi connectivity index (χ1) is 10.5. The molecule has 116 valence electrons. The molecule has 1 amide bonds. The molecular weight excluding hydrogens is 302 g/mol. The van der Waals surface area contributed by atoms with Gasteiger partial charge in [-0.05, 0) is 42.8 Å². The summed E-state index contributed by atoms with van der Waals surface area (Å²) in [7, 11) is 3.14. The van der Waals surface area contributed by atoms with Gasteiger partial charge in [-0.25, -0.2) is 0 Å². The van der Waals surface area contributed by atoms with E-state index < -0.39 is 0 Å². The van der Waals surface area contributed by atoms with E-state index in [4.69, 9.17) is 21.1 Å². The van der Waals surface area contributed by atoms with Crippen LogP contribution in [0.15, 0.2) is 42.5 Å². The summed E-state index contributed by atoms with van der Waals surface area (Å²) in [6.07, 6.45) is 0. The van der Waals surface area contributed by atoms with E-state index in [-0.39, 0.29) is 11.9 Å². The lowest BCUT2D eigenvalue weighted by Crippen LogP contribution is -2.27. The van der Waals surface area contributed by atoms with Gasteiger partial charge in [0.25, 0.3) is 5.91 Å². The Morgan fingerprint density at radius 3 is 2.36 bits per heavy atom. The van der Waals surface area contributed by atoms with Gasteiger partial charge in [-0.1, -0.05) is 23.7 Å². The number of nitrogens with one attached hydrogen (secondary N) is 1. The summed E-state index contributed by atoms with van der Waals surface area (Å²) in [6.45, 7) is 1.91. The van der Waals surface area contributed by atoms with Crippen molar-refractivity contribution < 1.29 is 14.3 Å². The summed E-state index contributed by atoms with van der Waals surface area (Å²) in [5, 5.41) is 3.42. The Kier molecular flexibility index (Phi) is 5.28. The molecule has 0 unspecified atom stereocenters. The summed E-state index contributed by atoms with van der Waals surface area (Å²) in [5.74, 6) is 1.03. The first-order valence-corrected chi connectivity index (χ1v) is 7.21. The molecule has 2 aromatic carbocycles. The van der Waals surface area contributed by atoms with Crippen molar-refractivity contribution in [1.82, 2.24) is 5.32 Å². The highest BCUT2D eigenvalue weighted by molar-refractivity contribution is 6.31. The van der Waals surface area contributed by atoms with Crippen LogP contribution in [0.1, 0.15) is 28.9 Å². The number of carbonyl (C=O) groups is 1. The number of carbonyl (C=O) groups excluding carboxylic acids is 1. The van der Waals surface area contributed by atoms with Crippen LogP contribution in [0.4, 0.5) is 0 Å². The van der Waals surface area contributed by atoms with E-state index in [0.717, 1.165) is 11.3 Å². The molecule has 0 aliphatic heterocycles. The summed E-state index contributed by atoms with van der Waals surface area (Å²) in [4.78, 5) is 12.4. The third-order valence-electron chi connectivity index (χ3n) is 3.37. The maximum absolute atomic E-state index is 12.4. The van der Waals surface area contributed by atoms with Gasteiger partial charge in [0.15, 0.2) is 0 Å². The minimum atomic E-state index is -0.234. The summed E-state index contributed by atoms with van der Waals surface area (Å²) in [5.41, 5.74) is 1.39. The molecule has 4 nitrogen and oxygen atoms in total. The van der Waals surface area contributed by atoms with Crippen molar-refractivity contribution in [2.75, 3.05) is 14.2 Å². The average Bonchev–Trinajstić information content (AvgIpc) is 2.54. The zero-order valence-corrected chi connectivity index (χ0v) is 13.5. The van der Waals surface area contributed by atoms with Crippen molar-refractivity contribution in [1.29, 1.82) is 0 Å². The minimum Gasteiger partial charge on any atom is -0.497 e. The van der Waals surface area contributed by atoms with Gasteiger partial charge < -0.3 is 14.8 Å². The average molecular weight is 320 g/mol. The van der Waals surface area contributed by atoms with Crippen molar-refractivity contribution in [3.63, 3.8) is 0 Å². The number of hydrogen-bond acceptors (Lipinski definition) is 3. The highest BCUT2D eigenvalue weighted by Crippen LogP contribution is 2.24. The van der Waals surface area contributed by atoms with Crippen LogP contribution in [0.5, 0.6) is 11.5 Å². The molecule has 0 aliphatic carbocycles. The number of methoxy groups -OCH3 is 2. The zero-order valence-electron chi connectivity index (χ0n) is 12.7. The normalized spacial score (nSPS) is 11.6. The van der Waals surface area contributed by atoms with E-state index in [2.05, 4.69) is 5.32 Å². The first kappa shape index (κ1) is 16.2. The Balaban J connectivity index is 2.15. The molecule has 0 bridgehead atoms. The van der Waals surface area contributed by atoms with Crippen molar-refractivity contribution in [2.45, 2.75) is 13.0 Å². The van der Waals surface area contributed by atoms with Crippen LogP contribution in [0.2, 0.25) is 5.02 Å². The molecule has 0 saturated heterocycles. The zero-order chi connectivity index (χ0) is 16.1. The highest BCUT2D eigenvalue weighted by atomic mass is 35.5. The minimum absolute atomic E-state index is 0.151. The van der Waals surface area contributed by atoms with Gasteiger partial charge in [0, 0.05) is 5.02 Å². The van der Waals surface area contributed by atoms with Crippen LogP contribution < -0.4 is 14.8 Å². The van der Waals surface area contributed by atoms with E-state index in [1.807, 2.05) is 31.2 Å². The third kappa shape index (κ3) is 3.71. The largest absolute Gasteiger partial charge is 0.497 e. The Morgan fingerprint density at radius 2 is 1.77 bits per heavy atom. The second-order valence-electron chi connectivity index (χ2n) is 4.81. The van der Waals surface area contributed by atoms with Gasteiger partial charge in [-0.3, -0.25) is 4.79 Å². The molecule has 0 saturated carbocycles. The van der Waals surface area contributed by atoms with Crippen molar-refractivity contribution in [2.24, 2.45) is 0 Å².